The van der Waals surface area contributed by atoms with Crippen molar-refractivity contribution in [1.82, 2.24) is 15.0 Å². The minimum absolute atomic E-state index is 0.0748. The van der Waals surface area contributed by atoms with Gasteiger partial charge in [0.05, 0.1) is 16.8 Å². The molecular weight excluding hydrogens is 310 g/mol. The van der Waals surface area contributed by atoms with Crippen LogP contribution in [0.25, 0.3) is 0 Å². The molecule has 0 bridgehead atoms. The second kappa shape index (κ2) is 6.58. The Kier molecular flexibility index (Phi) is 4.55. The highest BCUT2D eigenvalue weighted by molar-refractivity contribution is 7.16. The number of aromatic nitrogens is 2. The van der Waals surface area contributed by atoms with E-state index in [2.05, 4.69) is 10.1 Å². The van der Waals surface area contributed by atoms with Crippen molar-refractivity contribution in [2.45, 2.75) is 38.1 Å². The summed E-state index contributed by atoms with van der Waals surface area (Å²) in [4.78, 5) is 19.7. The minimum atomic E-state index is -0.0748. The van der Waals surface area contributed by atoms with Crippen LogP contribution in [0.1, 0.15) is 42.4 Å². The van der Waals surface area contributed by atoms with Gasteiger partial charge >= 0.3 is 0 Å². The Hall–Kier alpha value is -1.40. The van der Waals surface area contributed by atoms with Crippen molar-refractivity contribution in [3.63, 3.8) is 0 Å². The van der Waals surface area contributed by atoms with Gasteiger partial charge in [0.2, 0.25) is 12.3 Å². The maximum Gasteiger partial charge on any atom is 0.228 e. The first-order chi connectivity index (χ1) is 10.2. The summed E-state index contributed by atoms with van der Waals surface area (Å²) in [6, 6.07) is 3.66. The second-order valence-corrected chi connectivity index (χ2v) is 6.92. The Morgan fingerprint density at radius 3 is 3.05 bits per heavy atom. The monoisotopic (exact) mass is 325 g/mol. The first-order valence-corrected chi connectivity index (χ1v) is 8.23. The Bertz CT molecular complexity index is 599. The molecule has 0 saturated carbocycles. The lowest BCUT2D eigenvalue weighted by atomic mass is 10.1. The fourth-order valence-corrected chi connectivity index (χ4v) is 3.78. The third kappa shape index (κ3) is 3.44. The van der Waals surface area contributed by atoms with E-state index in [1.54, 1.807) is 0 Å². The number of nitrogens with zero attached hydrogens (tertiary/aromatic N) is 3. The van der Waals surface area contributed by atoms with Crippen LogP contribution < -0.4 is 0 Å². The molecule has 1 fully saturated rings. The molecule has 112 valence electrons. The van der Waals surface area contributed by atoms with Crippen molar-refractivity contribution in [1.29, 1.82) is 0 Å². The smallest absolute Gasteiger partial charge is 0.228 e. The fourth-order valence-electron chi connectivity index (χ4n) is 2.70. The fraction of sp³-hybridized carbons (Fsp3) is 0.500. The molecule has 1 aliphatic rings. The molecule has 5 nitrogen and oxygen atoms in total. The second-order valence-electron chi connectivity index (χ2n) is 5.12. The van der Waals surface area contributed by atoms with Gasteiger partial charge in [0.25, 0.3) is 0 Å². The number of rotatable bonds is 3. The number of hydrogen-bond donors (Lipinski definition) is 0. The number of amides is 1. The number of carbonyl (C=O) groups is 1. The van der Waals surface area contributed by atoms with Gasteiger partial charge in [-0.3, -0.25) is 4.79 Å². The van der Waals surface area contributed by atoms with Crippen LogP contribution in [-0.4, -0.2) is 27.5 Å². The van der Waals surface area contributed by atoms with E-state index in [0.717, 1.165) is 37.1 Å². The first-order valence-electron chi connectivity index (χ1n) is 7.04. The standard InChI is InChI=1S/C14H16ClN3O2S/c15-12-6-5-10(21-12)8-13(19)18-7-3-1-2-4-11(18)14-16-9-20-17-14/h5-6,9,11H,1-4,7-8H2. The Labute approximate surface area is 131 Å². The van der Waals surface area contributed by atoms with Crippen LogP contribution in [0, 0.1) is 0 Å². The minimum Gasteiger partial charge on any atom is -0.343 e. The summed E-state index contributed by atoms with van der Waals surface area (Å²) in [5.74, 6) is 0.708. The van der Waals surface area contributed by atoms with Gasteiger partial charge in [0.1, 0.15) is 0 Å². The van der Waals surface area contributed by atoms with Crippen molar-refractivity contribution in [3.05, 3.63) is 33.6 Å². The van der Waals surface area contributed by atoms with Crippen molar-refractivity contribution < 1.29 is 9.32 Å². The van der Waals surface area contributed by atoms with E-state index in [-0.39, 0.29) is 11.9 Å². The molecule has 1 aliphatic heterocycles. The summed E-state index contributed by atoms with van der Waals surface area (Å²) in [6.07, 6.45) is 5.81. The topological polar surface area (TPSA) is 59.2 Å². The maximum absolute atomic E-state index is 12.6. The zero-order valence-corrected chi connectivity index (χ0v) is 13.1. The highest BCUT2D eigenvalue weighted by Gasteiger charge is 2.29. The highest BCUT2D eigenvalue weighted by Crippen LogP contribution is 2.29. The maximum atomic E-state index is 12.6. The molecule has 0 aromatic carbocycles. The predicted molar refractivity (Wildman–Crippen MR) is 80.3 cm³/mol. The van der Waals surface area contributed by atoms with Crippen molar-refractivity contribution in [3.8, 4) is 0 Å². The number of likely N-dealkylation sites (tertiary alicyclic amines) is 1. The van der Waals surface area contributed by atoms with E-state index >= 15 is 0 Å². The lowest BCUT2D eigenvalue weighted by Gasteiger charge is -2.27. The van der Waals surface area contributed by atoms with E-state index in [1.165, 1.54) is 17.7 Å². The SMILES string of the molecule is O=C(Cc1ccc(Cl)s1)N1CCCCCC1c1ncon1. The van der Waals surface area contributed by atoms with E-state index in [9.17, 15) is 4.79 Å². The third-order valence-corrected chi connectivity index (χ3v) is 4.93. The lowest BCUT2D eigenvalue weighted by molar-refractivity contribution is -0.133. The third-order valence-electron chi connectivity index (χ3n) is 3.70. The number of hydrogen-bond acceptors (Lipinski definition) is 5. The molecule has 2 aromatic heterocycles. The van der Waals surface area contributed by atoms with Crippen molar-refractivity contribution in [2.24, 2.45) is 0 Å². The molecule has 0 radical (unpaired) electrons. The molecule has 7 heteroatoms. The Morgan fingerprint density at radius 1 is 1.43 bits per heavy atom. The molecule has 21 heavy (non-hydrogen) atoms. The van der Waals surface area contributed by atoms with Crippen LogP contribution in [0.3, 0.4) is 0 Å². The quantitative estimate of drug-likeness (QED) is 0.867. The van der Waals surface area contributed by atoms with Gasteiger partial charge in [-0.05, 0) is 25.0 Å². The van der Waals surface area contributed by atoms with Crippen LogP contribution in [-0.2, 0) is 11.2 Å². The van der Waals surface area contributed by atoms with E-state index in [4.69, 9.17) is 16.1 Å². The Morgan fingerprint density at radius 2 is 2.33 bits per heavy atom. The summed E-state index contributed by atoms with van der Waals surface area (Å²) < 4.78 is 5.56. The van der Waals surface area contributed by atoms with Gasteiger partial charge in [-0.2, -0.15) is 4.98 Å². The molecular formula is C14H16ClN3O2S. The lowest BCUT2D eigenvalue weighted by Crippen LogP contribution is -2.36. The normalized spacial score (nSPS) is 19.5. The predicted octanol–water partition coefficient (Wildman–Crippen LogP) is 3.47. The van der Waals surface area contributed by atoms with Gasteiger partial charge in [-0.1, -0.05) is 29.6 Å². The number of halogens is 1. The van der Waals surface area contributed by atoms with Gasteiger partial charge in [-0.25, -0.2) is 0 Å². The van der Waals surface area contributed by atoms with Crippen LogP contribution in [0.2, 0.25) is 4.34 Å². The molecule has 0 spiro atoms. The van der Waals surface area contributed by atoms with Gasteiger partial charge < -0.3 is 9.42 Å². The molecule has 1 atom stereocenters. The van der Waals surface area contributed by atoms with Gasteiger partial charge in [0, 0.05) is 11.4 Å². The zero-order valence-electron chi connectivity index (χ0n) is 11.5. The van der Waals surface area contributed by atoms with Crippen LogP contribution >= 0.6 is 22.9 Å². The zero-order chi connectivity index (χ0) is 14.7. The Balaban J connectivity index is 1.77. The number of carbonyl (C=O) groups excluding carboxylic acids is 1. The van der Waals surface area contributed by atoms with E-state index in [0.29, 0.717) is 16.6 Å². The van der Waals surface area contributed by atoms with Crippen LogP contribution in [0.5, 0.6) is 0 Å². The van der Waals surface area contributed by atoms with Crippen LogP contribution in [0.4, 0.5) is 0 Å². The van der Waals surface area contributed by atoms with E-state index in [1.807, 2.05) is 17.0 Å². The summed E-state index contributed by atoms with van der Waals surface area (Å²) >= 11 is 7.38. The summed E-state index contributed by atoms with van der Waals surface area (Å²) in [5.41, 5.74) is 0. The molecule has 1 saturated heterocycles. The van der Waals surface area contributed by atoms with E-state index < -0.39 is 0 Å². The summed E-state index contributed by atoms with van der Waals surface area (Å²) in [5, 5.41) is 3.93. The molecule has 3 heterocycles. The largest absolute Gasteiger partial charge is 0.343 e. The van der Waals surface area contributed by atoms with Crippen molar-refractivity contribution >= 4 is 28.8 Å². The molecule has 0 aliphatic carbocycles. The molecule has 0 N–H and O–H groups in total. The average Bonchev–Trinajstić information content (AvgIpc) is 3.06. The van der Waals surface area contributed by atoms with Crippen molar-refractivity contribution in [2.75, 3.05) is 6.54 Å². The first kappa shape index (κ1) is 14.5. The molecule has 2 aromatic rings. The molecule has 1 unspecified atom stereocenters. The van der Waals surface area contributed by atoms with Crippen LogP contribution in [0.15, 0.2) is 23.0 Å². The summed E-state index contributed by atoms with van der Waals surface area (Å²) in [6.45, 7) is 0.747. The van der Waals surface area contributed by atoms with Gasteiger partial charge in [0.15, 0.2) is 5.82 Å². The highest BCUT2D eigenvalue weighted by atomic mass is 35.5. The summed E-state index contributed by atoms with van der Waals surface area (Å²) in [7, 11) is 0. The average molecular weight is 326 g/mol. The molecule has 3 rings (SSSR count). The van der Waals surface area contributed by atoms with Gasteiger partial charge in [-0.15, -0.1) is 11.3 Å². The number of thiophene rings is 1. The molecule has 1 amide bonds.